The van der Waals surface area contributed by atoms with Gasteiger partial charge in [0.05, 0.1) is 17.9 Å². The van der Waals surface area contributed by atoms with Crippen LogP contribution in [0.2, 0.25) is 0 Å². The van der Waals surface area contributed by atoms with Gasteiger partial charge in [-0.1, -0.05) is 6.07 Å². The van der Waals surface area contributed by atoms with Crippen molar-refractivity contribution >= 4 is 5.65 Å². The molecule has 0 bridgehead atoms. The van der Waals surface area contributed by atoms with Crippen molar-refractivity contribution in [3.05, 3.63) is 64.0 Å². The highest BCUT2D eigenvalue weighted by molar-refractivity contribution is 5.46. The van der Waals surface area contributed by atoms with Crippen LogP contribution in [0.15, 0.2) is 41.6 Å². The summed E-state index contributed by atoms with van der Waals surface area (Å²) in [5.41, 5.74) is 3.55. The summed E-state index contributed by atoms with van der Waals surface area (Å²) < 4.78 is 3.54. The summed E-state index contributed by atoms with van der Waals surface area (Å²) in [5, 5.41) is 7.81. The molecule has 0 unspecified atom stereocenters. The lowest BCUT2D eigenvalue weighted by atomic mass is 10.1. The molecule has 0 aliphatic heterocycles. The third kappa shape index (κ3) is 3.23. The van der Waals surface area contributed by atoms with Crippen molar-refractivity contribution in [2.24, 2.45) is 0 Å². The lowest BCUT2D eigenvalue weighted by Crippen LogP contribution is -2.34. The monoisotopic (exact) mass is 325 g/mol. The number of rotatable bonds is 5. The molecule has 24 heavy (non-hydrogen) atoms. The van der Waals surface area contributed by atoms with Crippen LogP contribution in [0.25, 0.3) is 5.65 Å². The van der Waals surface area contributed by atoms with Gasteiger partial charge >= 0.3 is 0 Å². The summed E-state index contributed by atoms with van der Waals surface area (Å²) in [5.74, 6) is 0. The van der Waals surface area contributed by atoms with Crippen LogP contribution in [0.1, 0.15) is 36.7 Å². The van der Waals surface area contributed by atoms with Crippen molar-refractivity contribution < 1.29 is 0 Å². The standard InChI is InChI=1S/C18H23N5O/c1-12-9-20-23(11-12)15(4)14(3)19-10-16-8-17(24)22-7-5-6-13(2)18(22)21-16/h5-9,11,14-15,19H,10H2,1-4H3/t14-,15+/m0/s1. The van der Waals surface area contributed by atoms with Gasteiger partial charge in [0.25, 0.3) is 5.56 Å². The van der Waals surface area contributed by atoms with Crippen LogP contribution in [-0.2, 0) is 6.54 Å². The fourth-order valence-corrected chi connectivity index (χ4v) is 2.72. The lowest BCUT2D eigenvalue weighted by molar-refractivity contribution is 0.363. The molecule has 0 saturated heterocycles. The van der Waals surface area contributed by atoms with Crippen LogP contribution < -0.4 is 10.9 Å². The first-order valence-corrected chi connectivity index (χ1v) is 8.18. The first-order chi connectivity index (χ1) is 11.5. The molecule has 0 amide bonds. The molecule has 3 rings (SSSR count). The van der Waals surface area contributed by atoms with Crippen molar-refractivity contribution in [2.45, 2.75) is 46.3 Å². The number of pyridine rings is 1. The van der Waals surface area contributed by atoms with E-state index in [1.165, 1.54) is 0 Å². The number of fused-ring (bicyclic) bond motifs is 1. The van der Waals surface area contributed by atoms with Gasteiger partial charge < -0.3 is 5.32 Å². The third-order valence-corrected chi connectivity index (χ3v) is 4.42. The van der Waals surface area contributed by atoms with Crippen molar-refractivity contribution in [2.75, 3.05) is 0 Å². The molecule has 0 aromatic carbocycles. The van der Waals surface area contributed by atoms with E-state index in [1.54, 1.807) is 16.7 Å². The molecular weight excluding hydrogens is 302 g/mol. The number of hydrogen-bond donors (Lipinski definition) is 1. The van der Waals surface area contributed by atoms with Crippen LogP contribution in [0.5, 0.6) is 0 Å². The molecule has 3 aromatic heterocycles. The Bertz CT molecular complexity index is 911. The van der Waals surface area contributed by atoms with Crippen LogP contribution in [0, 0.1) is 13.8 Å². The van der Waals surface area contributed by atoms with Gasteiger partial charge in [0, 0.05) is 31.0 Å². The Kier molecular flexibility index (Phi) is 4.49. The smallest absolute Gasteiger partial charge is 0.258 e. The van der Waals surface area contributed by atoms with Crippen LogP contribution >= 0.6 is 0 Å². The van der Waals surface area contributed by atoms with E-state index in [0.29, 0.717) is 12.2 Å². The van der Waals surface area contributed by atoms with E-state index in [1.807, 2.05) is 43.1 Å². The first kappa shape index (κ1) is 16.4. The zero-order chi connectivity index (χ0) is 17.3. The number of hydrogen-bond acceptors (Lipinski definition) is 4. The van der Waals surface area contributed by atoms with Gasteiger partial charge in [-0.2, -0.15) is 5.10 Å². The van der Waals surface area contributed by atoms with Gasteiger partial charge in [0.1, 0.15) is 5.65 Å². The predicted molar refractivity (Wildman–Crippen MR) is 94.2 cm³/mol. The topological polar surface area (TPSA) is 64.2 Å². The van der Waals surface area contributed by atoms with Gasteiger partial charge in [0.2, 0.25) is 0 Å². The average molecular weight is 325 g/mol. The zero-order valence-corrected chi connectivity index (χ0v) is 14.5. The van der Waals surface area contributed by atoms with E-state index >= 15 is 0 Å². The maximum Gasteiger partial charge on any atom is 0.258 e. The van der Waals surface area contributed by atoms with Crippen LogP contribution in [0.4, 0.5) is 0 Å². The summed E-state index contributed by atoms with van der Waals surface area (Å²) in [4.78, 5) is 16.9. The predicted octanol–water partition coefficient (Wildman–Crippen LogP) is 2.25. The second kappa shape index (κ2) is 6.57. The molecule has 2 atom stereocenters. The van der Waals surface area contributed by atoms with Crippen molar-refractivity contribution in [3.63, 3.8) is 0 Å². The maximum atomic E-state index is 12.2. The average Bonchev–Trinajstić information content (AvgIpc) is 2.99. The number of nitrogens with zero attached hydrogens (tertiary/aromatic N) is 4. The largest absolute Gasteiger partial charge is 0.307 e. The Morgan fingerprint density at radius 1 is 1.29 bits per heavy atom. The van der Waals surface area contributed by atoms with Crippen LogP contribution in [0.3, 0.4) is 0 Å². The summed E-state index contributed by atoms with van der Waals surface area (Å²) >= 11 is 0. The van der Waals surface area contributed by atoms with Gasteiger partial charge in [-0.15, -0.1) is 0 Å². The van der Waals surface area contributed by atoms with E-state index in [0.717, 1.165) is 16.8 Å². The molecule has 0 aliphatic carbocycles. The van der Waals surface area contributed by atoms with E-state index in [-0.39, 0.29) is 17.6 Å². The quantitative estimate of drug-likeness (QED) is 0.781. The lowest BCUT2D eigenvalue weighted by Gasteiger charge is -2.21. The second-order valence-electron chi connectivity index (χ2n) is 6.38. The van der Waals surface area contributed by atoms with Gasteiger partial charge in [0.15, 0.2) is 0 Å². The van der Waals surface area contributed by atoms with Gasteiger partial charge in [-0.05, 0) is 44.9 Å². The molecular formula is C18H23N5O. The highest BCUT2D eigenvalue weighted by Crippen LogP contribution is 2.11. The van der Waals surface area contributed by atoms with E-state index < -0.39 is 0 Å². The summed E-state index contributed by atoms with van der Waals surface area (Å²) in [6.45, 7) is 8.77. The molecule has 3 heterocycles. The Morgan fingerprint density at radius 3 is 2.79 bits per heavy atom. The second-order valence-corrected chi connectivity index (χ2v) is 6.38. The molecule has 6 heteroatoms. The van der Waals surface area contributed by atoms with Crippen molar-refractivity contribution in [1.29, 1.82) is 0 Å². The van der Waals surface area contributed by atoms with E-state index in [4.69, 9.17) is 0 Å². The highest BCUT2D eigenvalue weighted by atomic mass is 16.1. The Morgan fingerprint density at radius 2 is 2.08 bits per heavy atom. The summed E-state index contributed by atoms with van der Waals surface area (Å²) in [6, 6.07) is 5.82. The molecule has 0 radical (unpaired) electrons. The zero-order valence-electron chi connectivity index (χ0n) is 14.5. The summed E-state index contributed by atoms with van der Waals surface area (Å²) in [6.07, 6.45) is 5.64. The van der Waals surface area contributed by atoms with Gasteiger partial charge in [-0.3, -0.25) is 13.9 Å². The normalized spacial score (nSPS) is 14.0. The molecule has 0 saturated carbocycles. The summed E-state index contributed by atoms with van der Waals surface area (Å²) in [7, 11) is 0. The van der Waals surface area contributed by atoms with Gasteiger partial charge in [-0.25, -0.2) is 4.98 Å². The number of aryl methyl sites for hydroxylation is 2. The maximum absolute atomic E-state index is 12.2. The number of aromatic nitrogens is 4. The molecule has 0 aliphatic rings. The minimum absolute atomic E-state index is 0.0519. The van der Waals surface area contributed by atoms with Crippen molar-refractivity contribution in [1.82, 2.24) is 24.5 Å². The number of nitrogens with one attached hydrogen (secondary N) is 1. The SMILES string of the molecule is Cc1cnn([C@H](C)[C@H](C)NCc2cc(=O)n3cccc(C)c3n2)c1. The highest BCUT2D eigenvalue weighted by Gasteiger charge is 2.15. The Balaban J connectivity index is 1.76. The molecule has 6 nitrogen and oxygen atoms in total. The minimum Gasteiger partial charge on any atom is -0.307 e. The molecule has 3 aromatic rings. The molecule has 1 N–H and O–H groups in total. The molecule has 0 fully saturated rings. The van der Waals surface area contributed by atoms with Crippen molar-refractivity contribution in [3.8, 4) is 0 Å². The first-order valence-electron chi connectivity index (χ1n) is 8.18. The molecule has 126 valence electrons. The fraction of sp³-hybridized carbons (Fsp3) is 0.389. The van der Waals surface area contributed by atoms with E-state index in [9.17, 15) is 4.79 Å². The minimum atomic E-state index is -0.0519. The Hall–Kier alpha value is -2.47. The van der Waals surface area contributed by atoms with Crippen LogP contribution in [-0.4, -0.2) is 25.2 Å². The molecule has 0 spiro atoms. The Labute approximate surface area is 141 Å². The third-order valence-electron chi connectivity index (χ3n) is 4.42. The fourth-order valence-electron chi connectivity index (χ4n) is 2.72. The van der Waals surface area contributed by atoms with E-state index in [2.05, 4.69) is 29.2 Å².